The van der Waals surface area contributed by atoms with E-state index >= 15 is 0 Å². The fraction of sp³-hybridized carbons (Fsp3) is 0.600. The van der Waals surface area contributed by atoms with Crippen molar-refractivity contribution in [2.24, 2.45) is 11.8 Å². The molecule has 0 aliphatic carbocycles. The van der Waals surface area contributed by atoms with Crippen LogP contribution in [0.25, 0.3) is 0 Å². The second-order valence-electron chi connectivity index (χ2n) is 4.11. The summed E-state index contributed by atoms with van der Waals surface area (Å²) in [7, 11) is 1.96. The lowest BCUT2D eigenvalue weighted by Gasteiger charge is -2.29. The van der Waals surface area contributed by atoms with Crippen LogP contribution in [0.2, 0.25) is 5.02 Å². The Bertz CT molecular complexity index is 355. The molecule has 0 aliphatic rings. The second kappa shape index (κ2) is 5.32. The van der Waals surface area contributed by atoms with E-state index in [2.05, 4.69) is 36.2 Å². The number of halogens is 1. The number of hydrogen-bond donors (Lipinski definition) is 2. The molecule has 0 aromatic carbocycles. The zero-order chi connectivity index (χ0) is 12.3. The molecule has 0 amide bonds. The minimum Gasteiger partial charge on any atom is -0.355 e. The third kappa shape index (κ3) is 2.74. The predicted molar refractivity (Wildman–Crippen MR) is 67.6 cm³/mol. The smallest absolute Gasteiger partial charge is 0.239 e. The molecule has 0 spiro atoms. The SMILES string of the molecule is CC(C)C(C)N(C)c1nc(NN)ncc1Cl. The summed E-state index contributed by atoms with van der Waals surface area (Å²) in [5, 5.41) is 0.522. The average molecular weight is 244 g/mol. The topological polar surface area (TPSA) is 67.1 Å². The molecule has 6 heteroatoms. The molecular formula is C10H18ClN5. The van der Waals surface area contributed by atoms with Gasteiger partial charge in [0.25, 0.3) is 0 Å². The van der Waals surface area contributed by atoms with E-state index in [4.69, 9.17) is 17.4 Å². The lowest BCUT2D eigenvalue weighted by molar-refractivity contribution is 0.502. The summed E-state index contributed by atoms with van der Waals surface area (Å²) in [5.74, 6) is 6.82. The third-order valence-corrected chi connectivity index (χ3v) is 3.03. The lowest BCUT2D eigenvalue weighted by Crippen LogP contribution is -2.34. The summed E-state index contributed by atoms with van der Waals surface area (Å²) in [6, 6.07) is 0.332. The number of hydrazine groups is 1. The fourth-order valence-electron chi connectivity index (χ4n) is 1.32. The van der Waals surface area contributed by atoms with Gasteiger partial charge < -0.3 is 4.90 Å². The van der Waals surface area contributed by atoms with Crippen molar-refractivity contribution in [2.45, 2.75) is 26.8 Å². The van der Waals surface area contributed by atoms with Gasteiger partial charge >= 0.3 is 0 Å². The van der Waals surface area contributed by atoms with Crippen molar-refractivity contribution in [3.63, 3.8) is 0 Å². The normalized spacial score (nSPS) is 12.7. The molecule has 5 nitrogen and oxygen atoms in total. The maximum absolute atomic E-state index is 6.06. The van der Waals surface area contributed by atoms with Crippen LogP contribution in [0.15, 0.2) is 6.20 Å². The molecular weight excluding hydrogens is 226 g/mol. The highest BCUT2D eigenvalue weighted by molar-refractivity contribution is 6.32. The summed E-state index contributed by atoms with van der Waals surface area (Å²) in [6.45, 7) is 6.43. The Kier molecular flexibility index (Phi) is 4.32. The molecule has 0 aliphatic heterocycles. The third-order valence-electron chi connectivity index (χ3n) is 2.76. The van der Waals surface area contributed by atoms with Gasteiger partial charge in [-0.1, -0.05) is 25.4 Å². The Morgan fingerprint density at radius 1 is 1.44 bits per heavy atom. The first kappa shape index (κ1) is 13.0. The maximum atomic E-state index is 6.06. The minimum absolute atomic E-state index is 0.332. The van der Waals surface area contributed by atoms with Crippen LogP contribution >= 0.6 is 11.6 Å². The van der Waals surface area contributed by atoms with Crippen molar-refractivity contribution in [3.8, 4) is 0 Å². The molecule has 16 heavy (non-hydrogen) atoms. The molecule has 1 aromatic rings. The number of rotatable bonds is 4. The van der Waals surface area contributed by atoms with Gasteiger partial charge in [0.1, 0.15) is 5.02 Å². The molecule has 90 valence electrons. The van der Waals surface area contributed by atoms with E-state index in [9.17, 15) is 0 Å². The molecule has 1 unspecified atom stereocenters. The highest BCUT2D eigenvalue weighted by atomic mass is 35.5. The first-order chi connectivity index (χ1) is 7.47. The van der Waals surface area contributed by atoms with Gasteiger partial charge in [-0.3, -0.25) is 5.43 Å². The van der Waals surface area contributed by atoms with Gasteiger partial charge in [0.2, 0.25) is 5.95 Å². The average Bonchev–Trinajstić information content (AvgIpc) is 2.27. The number of nitrogens with one attached hydrogen (secondary N) is 1. The minimum atomic E-state index is 0.332. The van der Waals surface area contributed by atoms with E-state index in [0.717, 1.165) is 0 Å². The number of nitrogens with two attached hydrogens (primary N) is 1. The van der Waals surface area contributed by atoms with Crippen molar-refractivity contribution < 1.29 is 0 Å². The van der Waals surface area contributed by atoms with Crippen LogP contribution in [0, 0.1) is 5.92 Å². The molecule has 0 fully saturated rings. The van der Waals surface area contributed by atoms with E-state index in [1.54, 1.807) is 6.20 Å². The molecule has 1 atom stereocenters. The molecule has 3 N–H and O–H groups in total. The summed E-state index contributed by atoms with van der Waals surface area (Å²) >= 11 is 6.06. The lowest BCUT2D eigenvalue weighted by atomic mass is 10.1. The second-order valence-corrected chi connectivity index (χ2v) is 4.51. The van der Waals surface area contributed by atoms with Crippen LogP contribution in [0.3, 0.4) is 0 Å². The van der Waals surface area contributed by atoms with Crippen LogP contribution in [0.5, 0.6) is 0 Å². The van der Waals surface area contributed by atoms with Crippen molar-refractivity contribution in [3.05, 3.63) is 11.2 Å². The molecule has 0 bridgehead atoms. The van der Waals surface area contributed by atoms with Crippen molar-refractivity contribution in [1.82, 2.24) is 9.97 Å². The number of hydrogen-bond acceptors (Lipinski definition) is 5. The van der Waals surface area contributed by atoms with E-state index in [1.165, 1.54) is 0 Å². The van der Waals surface area contributed by atoms with E-state index in [-0.39, 0.29) is 0 Å². The van der Waals surface area contributed by atoms with Crippen molar-refractivity contribution in [1.29, 1.82) is 0 Å². The Hall–Kier alpha value is -1.07. The maximum Gasteiger partial charge on any atom is 0.239 e. The van der Waals surface area contributed by atoms with Crippen molar-refractivity contribution in [2.75, 3.05) is 17.4 Å². The van der Waals surface area contributed by atoms with Gasteiger partial charge in [-0.05, 0) is 12.8 Å². The monoisotopic (exact) mass is 243 g/mol. The number of nitrogens with zero attached hydrogens (tertiary/aromatic N) is 3. The highest BCUT2D eigenvalue weighted by Crippen LogP contribution is 2.25. The van der Waals surface area contributed by atoms with E-state index < -0.39 is 0 Å². The zero-order valence-electron chi connectivity index (χ0n) is 10.0. The van der Waals surface area contributed by atoms with Gasteiger partial charge in [-0.25, -0.2) is 10.8 Å². The summed E-state index contributed by atoms with van der Waals surface area (Å²) in [5.41, 5.74) is 2.41. The standard InChI is InChI=1S/C10H18ClN5/c1-6(2)7(3)16(4)9-8(11)5-13-10(14-9)15-12/h5-7H,12H2,1-4H3,(H,13,14,15). The van der Waals surface area contributed by atoms with Crippen LogP contribution in [-0.2, 0) is 0 Å². The van der Waals surface area contributed by atoms with E-state index in [1.807, 2.05) is 11.9 Å². The van der Waals surface area contributed by atoms with Gasteiger partial charge in [0.05, 0.1) is 6.20 Å². The fourth-order valence-corrected chi connectivity index (χ4v) is 1.54. The molecule has 1 heterocycles. The molecule has 0 saturated heterocycles. The largest absolute Gasteiger partial charge is 0.355 e. The first-order valence-corrected chi connectivity index (χ1v) is 5.57. The summed E-state index contributed by atoms with van der Waals surface area (Å²) < 4.78 is 0. The summed E-state index contributed by atoms with van der Waals surface area (Å²) in [6.07, 6.45) is 1.54. The Labute approximate surface area is 101 Å². The van der Waals surface area contributed by atoms with Gasteiger partial charge in [-0.15, -0.1) is 0 Å². The highest BCUT2D eigenvalue weighted by Gasteiger charge is 2.18. The van der Waals surface area contributed by atoms with Crippen LogP contribution in [0.1, 0.15) is 20.8 Å². The molecule has 0 saturated carbocycles. The first-order valence-electron chi connectivity index (χ1n) is 5.19. The van der Waals surface area contributed by atoms with Crippen LogP contribution in [0.4, 0.5) is 11.8 Å². The zero-order valence-corrected chi connectivity index (χ0v) is 10.8. The molecule has 1 rings (SSSR count). The number of anilines is 2. The Morgan fingerprint density at radius 2 is 2.06 bits per heavy atom. The van der Waals surface area contributed by atoms with E-state index in [0.29, 0.717) is 28.7 Å². The van der Waals surface area contributed by atoms with Gasteiger partial charge in [0.15, 0.2) is 5.82 Å². The van der Waals surface area contributed by atoms with Gasteiger partial charge in [0, 0.05) is 13.1 Å². The number of aromatic nitrogens is 2. The Morgan fingerprint density at radius 3 is 2.56 bits per heavy atom. The predicted octanol–water partition coefficient (Wildman–Crippen LogP) is 1.90. The quantitative estimate of drug-likeness (QED) is 0.625. The number of nitrogen functional groups attached to an aromatic ring is 1. The van der Waals surface area contributed by atoms with Crippen LogP contribution in [-0.4, -0.2) is 23.1 Å². The van der Waals surface area contributed by atoms with Crippen molar-refractivity contribution >= 4 is 23.4 Å². The van der Waals surface area contributed by atoms with Crippen LogP contribution < -0.4 is 16.2 Å². The summed E-state index contributed by atoms with van der Waals surface area (Å²) in [4.78, 5) is 10.2. The molecule has 0 radical (unpaired) electrons. The Balaban J connectivity index is 3.02. The van der Waals surface area contributed by atoms with Gasteiger partial charge in [-0.2, -0.15) is 4.98 Å². The molecule has 1 aromatic heterocycles.